The van der Waals surface area contributed by atoms with Crippen LogP contribution in [0.4, 0.5) is 4.79 Å². The van der Waals surface area contributed by atoms with E-state index in [1.54, 1.807) is 17.0 Å². The lowest BCUT2D eigenvalue weighted by molar-refractivity contribution is 0.203. The van der Waals surface area contributed by atoms with Gasteiger partial charge in [0.15, 0.2) is 0 Å². The third-order valence-electron chi connectivity index (χ3n) is 4.90. The molecule has 1 aromatic rings. The predicted molar refractivity (Wildman–Crippen MR) is 109 cm³/mol. The first kappa shape index (κ1) is 22.3. The summed E-state index contributed by atoms with van der Waals surface area (Å²) in [6.07, 6.45) is 15.7. The van der Waals surface area contributed by atoms with Crippen molar-refractivity contribution in [1.29, 1.82) is 0 Å². The summed E-state index contributed by atoms with van der Waals surface area (Å²) in [5, 5.41) is 9.32. The van der Waals surface area contributed by atoms with Crippen molar-refractivity contribution in [3.63, 3.8) is 0 Å². The molecule has 3 N–H and O–H groups in total. The number of nitrogens with zero attached hydrogens (tertiary/aromatic N) is 1. The summed E-state index contributed by atoms with van der Waals surface area (Å²) in [5.74, 6) is 0.236. The minimum Gasteiger partial charge on any atom is -0.508 e. The molecular weight excluding hydrogens is 324 g/mol. The van der Waals surface area contributed by atoms with Gasteiger partial charge in [0.1, 0.15) is 5.75 Å². The number of rotatable bonds is 15. The van der Waals surface area contributed by atoms with Crippen LogP contribution in [0.15, 0.2) is 24.3 Å². The lowest BCUT2D eigenvalue weighted by Gasteiger charge is -2.20. The van der Waals surface area contributed by atoms with E-state index < -0.39 is 0 Å². The Morgan fingerprint density at radius 2 is 1.31 bits per heavy atom. The summed E-state index contributed by atoms with van der Waals surface area (Å²) in [6, 6.07) is 6.55. The smallest absolute Gasteiger partial charge is 0.315 e. The Morgan fingerprint density at radius 3 is 1.77 bits per heavy atom. The van der Waals surface area contributed by atoms with Gasteiger partial charge in [0.05, 0.1) is 0 Å². The number of amides is 2. The molecule has 1 aromatic carbocycles. The van der Waals surface area contributed by atoms with Crippen LogP contribution in [-0.4, -0.2) is 22.6 Å². The molecule has 4 heteroatoms. The lowest BCUT2D eigenvalue weighted by atomic mass is 10.1. The van der Waals surface area contributed by atoms with Crippen molar-refractivity contribution in [3.05, 3.63) is 29.8 Å². The Hall–Kier alpha value is -1.71. The zero-order chi connectivity index (χ0) is 19.0. The molecule has 0 fully saturated rings. The van der Waals surface area contributed by atoms with Crippen molar-refractivity contribution in [2.75, 3.05) is 6.54 Å². The van der Waals surface area contributed by atoms with E-state index in [0.717, 1.165) is 18.4 Å². The van der Waals surface area contributed by atoms with E-state index in [4.69, 9.17) is 5.73 Å². The third kappa shape index (κ3) is 11.0. The zero-order valence-corrected chi connectivity index (χ0v) is 16.6. The molecule has 0 unspecified atom stereocenters. The molecule has 0 radical (unpaired) electrons. The number of phenolic OH excluding ortho intramolecular Hbond substituents is 1. The molecule has 0 aliphatic heterocycles. The number of hydrogen-bond acceptors (Lipinski definition) is 2. The maximum absolute atomic E-state index is 11.6. The number of aromatic hydroxyl groups is 1. The summed E-state index contributed by atoms with van der Waals surface area (Å²) in [5.41, 5.74) is 6.48. The molecule has 2 amide bonds. The van der Waals surface area contributed by atoms with Gasteiger partial charge in [-0.15, -0.1) is 0 Å². The molecule has 0 spiro atoms. The Morgan fingerprint density at radius 1 is 0.846 bits per heavy atom. The second-order valence-electron chi connectivity index (χ2n) is 7.32. The first-order chi connectivity index (χ1) is 12.6. The van der Waals surface area contributed by atoms with Crippen LogP contribution in [0.1, 0.15) is 89.5 Å². The number of urea groups is 1. The zero-order valence-electron chi connectivity index (χ0n) is 16.6. The minimum absolute atomic E-state index is 0.236. The quantitative estimate of drug-likeness (QED) is 0.377. The molecule has 4 nitrogen and oxygen atoms in total. The number of phenols is 1. The van der Waals surface area contributed by atoms with Gasteiger partial charge in [-0.1, -0.05) is 89.7 Å². The third-order valence-corrected chi connectivity index (χ3v) is 4.90. The second-order valence-corrected chi connectivity index (χ2v) is 7.32. The van der Waals surface area contributed by atoms with Crippen molar-refractivity contribution in [3.8, 4) is 5.75 Å². The van der Waals surface area contributed by atoms with Gasteiger partial charge in [-0.05, 0) is 24.1 Å². The molecule has 148 valence electrons. The fourth-order valence-corrected chi connectivity index (χ4v) is 3.23. The molecule has 1 rings (SSSR count). The molecule has 0 bridgehead atoms. The van der Waals surface area contributed by atoms with Gasteiger partial charge in [-0.3, -0.25) is 0 Å². The average Bonchev–Trinajstić information content (AvgIpc) is 2.63. The van der Waals surface area contributed by atoms with E-state index in [1.165, 1.54) is 64.2 Å². The summed E-state index contributed by atoms with van der Waals surface area (Å²) in [7, 11) is 0. The maximum atomic E-state index is 11.6. The standard InChI is InChI=1S/C22H38N2O2/c1-2-3-4-5-6-7-8-9-10-11-12-13-18-24(22(23)26)19-20-14-16-21(25)17-15-20/h14-17,25H,2-13,18-19H2,1H3,(H2,23,26). The second kappa shape index (κ2) is 14.5. The van der Waals surface area contributed by atoms with E-state index in [9.17, 15) is 9.90 Å². The van der Waals surface area contributed by atoms with E-state index in [-0.39, 0.29) is 11.8 Å². The maximum Gasteiger partial charge on any atom is 0.315 e. The van der Waals surface area contributed by atoms with Gasteiger partial charge in [0.25, 0.3) is 0 Å². The molecule has 0 atom stereocenters. The fraction of sp³-hybridized carbons (Fsp3) is 0.682. The van der Waals surface area contributed by atoms with Crippen molar-refractivity contribution in [2.45, 2.75) is 90.5 Å². The first-order valence-corrected chi connectivity index (χ1v) is 10.5. The number of carbonyl (C=O) groups is 1. The van der Waals surface area contributed by atoms with Gasteiger partial charge in [0.2, 0.25) is 0 Å². The van der Waals surface area contributed by atoms with Crippen LogP contribution in [-0.2, 0) is 6.54 Å². The number of unbranched alkanes of at least 4 members (excludes halogenated alkanes) is 11. The highest BCUT2D eigenvalue weighted by molar-refractivity contribution is 5.71. The molecule has 0 aliphatic rings. The van der Waals surface area contributed by atoms with Gasteiger partial charge in [-0.25, -0.2) is 4.79 Å². The summed E-state index contributed by atoms with van der Waals surface area (Å²) in [4.78, 5) is 13.3. The van der Waals surface area contributed by atoms with Crippen molar-refractivity contribution < 1.29 is 9.90 Å². The number of primary amides is 1. The average molecular weight is 363 g/mol. The predicted octanol–water partition coefficient (Wildman–Crippen LogP) is 5.97. The minimum atomic E-state index is -0.374. The highest BCUT2D eigenvalue weighted by atomic mass is 16.3. The van der Waals surface area contributed by atoms with Crippen molar-refractivity contribution >= 4 is 6.03 Å². The van der Waals surface area contributed by atoms with Crippen LogP contribution < -0.4 is 5.73 Å². The number of carbonyl (C=O) groups excluding carboxylic acids is 1. The van der Waals surface area contributed by atoms with Gasteiger partial charge < -0.3 is 15.7 Å². The normalized spacial score (nSPS) is 10.8. The molecule has 26 heavy (non-hydrogen) atoms. The van der Waals surface area contributed by atoms with Gasteiger partial charge in [-0.2, -0.15) is 0 Å². The van der Waals surface area contributed by atoms with Crippen LogP contribution in [0.25, 0.3) is 0 Å². The van der Waals surface area contributed by atoms with Gasteiger partial charge >= 0.3 is 6.03 Å². The number of hydrogen-bond donors (Lipinski definition) is 2. The Labute approximate surface area is 159 Å². The van der Waals surface area contributed by atoms with Crippen LogP contribution in [0.5, 0.6) is 5.75 Å². The summed E-state index contributed by atoms with van der Waals surface area (Å²) >= 11 is 0. The molecular formula is C22H38N2O2. The Bertz CT molecular complexity index is 474. The molecule has 0 heterocycles. The molecule has 0 saturated heterocycles. The fourth-order valence-electron chi connectivity index (χ4n) is 3.23. The molecule has 0 aromatic heterocycles. The van der Waals surface area contributed by atoms with Crippen molar-refractivity contribution in [1.82, 2.24) is 4.90 Å². The van der Waals surface area contributed by atoms with Crippen LogP contribution >= 0.6 is 0 Å². The highest BCUT2D eigenvalue weighted by Gasteiger charge is 2.09. The number of nitrogens with two attached hydrogens (primary N) is 1. The Kier molecular flexibility index (Phi) is 12.4. The molecule has 0 saturated carbocycles. The summed E-state index contributed by atoms with van der Waals surface area (Å²) in [6.45, 7) is 3.47. The van der Waals surface area contributed by atoms with E-state index in [1.807, 2.05) is 12.1 Å². The van der Waals surface area contributed by atoms with E-state index >= 15 is 0 Å². The van der Waals surface area contributed by atoms with E-state index in [0.29, 0.717) is 13.1 Å². The summed E-state index contributed by atoms with van der Waals surface area (Å²) < 4.78 is 0. The lowest BCUT2D eigenvalue weighted by Crippen LogP contribution is -2.35. The van der Waals surface area contributed by atoms with Crippen LogP contribution in [0.3, 0.4) is 0 Å². The largest absolute Gasteiger partial charge is 0.508 e. The monoisotopic (exact) mass is 362 g/mol. The first-order valence-electron chi connectivity index (χ1n) is 10.5. The number of benzene rings is 1. The highest BCUT2D eigenvalue weighted by Crippen LogP contribution is 2.14. The van der Waals surface area contributed by atoms with Gasteiger partial charge in [0, 0.05) is 13.1 Å². The topological polar surface area (TPSA) is 66.6 Å². The van der Waals surface area contributed by atoms with Crippen molar-refractivity contribution in [2.24, 2.45) is 5.73 Å². The SMILES string of the molecule is CCCCCCCCCCCCCCN(Cc1ccc(O)cc1)C(N)=O. The van der Waals surface area contributed by atoms with Crippen LogP contribution in [0, 0.1) is 0 Å². The van der Waals surface area contributed by atoms with Crippen LogP contribution in [0.2, 0.25) is 0 Å². The van der Waals surface area contributed by atoms with E-state index in [2.05, 4.69) is 6.92 Å². The molecule has 0 aliphatic carbocycles. The Balaban J connectivity index is 2.03.